The number of hydrogen-bond donors (Lipinski definition) is 2. The fourth-order valence-electron chi connectivity index (χ4n) is 2.04. The SMILES string of the molecule is CCCn1ncc(Br)c1C(NN)c1ccc(Cl)cc1. The molecule has 1 aromatic heterocycles. The van der Waals surface area contributed by atoms with E-state index in [1.54, 1.807) is 6.20 Å². The van der Waals surface area contributed by atoms with Gasteiger partial charge in [0.2, 0.25) is 0 Å². The van der Waals surface area contributed by atoms with Crippen LogP contribution >= 0.6 is 27.5 Å². The number of nitrogens with zero attached hydrogens (tertiary/aromatic N) is 2. The summed E-state index contributed by atoms with van der Waals surface area (Å²) in [5, 5.41) is 5.07. The van der Waals surface area contributed by atoms with Crippen molar-refractivity contribution in [1.29, 1.82) is 0 Å². The predicted octanol–water partition coefficient (Wildman–Crippen LogP) is 3.26. The van der Waals surface area contributed by atoms with Gasteiger partial charge in [0.25, 0.3) is 0 Å². The van der Waals surface area contributed by atoms with E-state index in [9.17, 15) is 0 Å². The number of aryl methyl sites for hydroxylation is 1. The van der Waals surface area contributed by atoms with Crippen LogP contribution in [0.15, 0.2) is 34.9 Å². The second-order valence-corrected chi connectivity index (χ2v) is 5.54. The van der Waals surface area contributed by atoms with Gasteiger partial charge in [-0.3, -0.25) is 10.5 Å². The van der Waals surface area contributed by atoms with E-state index < -0.39 is 0 Å². The number of nitrogens with two attached hydrogens (primary N) is 1. The quantitative estimate of drug-likeness (QED) is 0.647. The molecule has 0 aliphatic heterocycles. The van der Waals surface area contributed by atoms with Gasteiger partial charge in [-0.05, 0) is 40.0 Å². The van der Waals surface area contributed by atoms with Gasteiger partial charge in [-0.2, -0.15) is 5.10 Å². The van der Waals surface area contributed by atoms with Crippen LogP contribution in [0, 0.1) is 0 Å². The number of halogens is 2. The van der Waals surface area contributed by atoms with E-state index in [2.05, 4.69) is 33.4 Å². The van der Waals surface area contributed by atoms with E-state index in [0.717, 1.165) is 28.7 Å². The Bertz CT molecular complexity index is 538. The zero-order valence-corrected chi connectivity index (χ0v) is 12.9. The maximum absolute atomic E-state index is 5.92. The molecule has 3 N–H and O–H groups in total. The Labute approximate surface area is 126 Å². The van der Waals surface area contributed by atoms with Crippen molar-refractivity contribution in [2.24, 2.45) is 5.84 Å². The van der Waals surface area contributed by atoms with Crippen LogP contribution in [0.2, 0.25) is 5.02 Å². The third-order valence-electron chi connectivity index (χ3n) is 2.91. The molecule has 0 fully saturated rings. The van der Waals surface area contributed by atoms with Crippen LogP contribution < -0.4 is 11.3 Å². The highest BCUT2D eigenvalue weighted by atomic mass is 79.9. The molecule has 0 radical (unpaired) electrons. The van der Waals surface area contributed by atoms with Gasteiger partial charge in [0.05, 0.1) is 22.4 Å². The van der Waals surface area contributed by atoms with Crippen LogP contribution in [0.4, 0.5) is 0 Å². The van der Waals surface area contributed by atoms with Crippen LogP contribution in [0.25, 0.3) is 0 Å². The van der Waals surface area contributed by atoms with Crippen molar-refractivity contribution in [3.8, 4) is 0 Å². The molecule has 1 aromatic carbocycles. The first kappa shape index (κ1) is 14.5. The Kier molecular flexibility index (Phi) is 4.99. The smallest absolute Gasteiger partial charge is 0.0889 e. The van der Waals surface area contributed by atoms with E-state index in [1.807, 2.05) is 28.9 Å². The topological polar surface area (TPSA) is 55.9 Å². The normalized spacial score (nSPS) is 12.6. The lowest BCUT2D eigenvalue weighted by Crippen LogP contribution is -2.31. The third kappa shape index (κ3) is 3.17. The first-order valence-corrected chi connectivity index (χ1v) is 7.27. The van der Waals surface area contributed by atoms with E-state index in [-0.39, 0.29) is 6.04 Å². The van der Waals surface area contributed by atoms with Crippen molar-refractivity contribution in [2.45, 2.75) is 25.9 Å². The maximum Gasteiger partial charge on any atom is 0.0889 e. The molecular weight excluding hydrogens is 328 g/mol. The second-order valence-electron chi connectivity index (χ2n) is 4.25. The molecule has 102 valence electrons. The summed E-state index contributed by atoms with van der Waals surface area (Å²) in [7, 11) is 0. The summed E-state index contributed by atoms with van der Waals surface area (Å²) >= 11 is 9.45. The molecular formula is C13H16BrClN4. The molecule has 19 heavy (non-hydrogen) atoms. The first-order valence-electron chi connectivity index (χ1n) is 6.10. The molecule has 2 rings (SSSR count). The Morgan fingerprint density at radius 3 is 2.68 bits per heavy atom. The Morgan fingerprint density at radius 1 is 1.42 bits per heavy atom. The molecule has 0 bridgehead atoms. The number of rotatable bonds is 5. The lowest BCUT2D eigenvalue weighted by atomic mass is 10.0. The van der Waals surface area contributed by atoms with Gasteiger partial charge in [-0.1, -0.05) is 30.7 Å². The van der Waals surface area contributed by atoms with Gasteiger partial charge >= 0.3 is 0 Å². The van der Waals surface area contributed by atoms with Gasteiger partial charge in [0, 0.05) is 11.6 Å². The van der Waals surface area contributed by atoms with E-state index in [4.69, 9.17) is 17.4 Å². The zero-order valence-electron chi connectivity index (χ0n) is 10.6. The summed E-state index contributed by atoms with van der Waals surface area (Å²) in [6, 6.07) is 7.51. The number of aromatic nitrogens is 2. The summed E-state index contributed by atoms with van der Waals surface area (Å²) in [4.78, 5) is 0. The zero-order chi connectivity index (χ0) is 13.8. The van der Waals surface area contributed by atoms with Crippen LogP contribution in [0.5, 0.6) is 0 Å². The molecule has 0 amide bonds. The standard InChI is InChI=1S/C13H16BrClN4/c1-2-7-19-13(11(14)8-17-19)12(18-16)9-3-5-10(15)6-4-9/h3-6,8,12,18H,2,7,16H2,1H3. The van der Waals surface area contributed by atoms with E-state index in [0.29, 0.717) is 5.02 Å². The van der Waals surface area contributed by atoms with Gasteiger partial charge in [-0.25, -0.2) is 5.43 Å². The molecule has 1 atom stereocenters. The maximum atomic E-state index is 5.92. The lowest BCUT2D eigenvalue weighted by Gasteiger charge is -2.19. The molecule has 6 heteroatoms. The summed E-state index contributed by atoms with van der Waals surface area (Å²) < 4.78 is 2.90. The molecule has 4 nitrogen and oxygen atoms in total. The Balaban J connectivity index is 2.41. The predicted molar refractivity (Wildman–Crippen MR) is 80.8 cm³/mol. The van der Waals surface area contributed by atoms with E-state index in [1.165, 1.54) is 0 Å². The number of benzene rings is 1. The van der Waals surface area contributed by atoms with Crippen molar-refractivity contribution in [2.75, 3.05) is 0 Å². The number of hydrogen-bond acceptors (Lipinski definition) is 3. The minimum atomic E-state index is -0.124. The van der Waals surface area contributed by atoms with E-state index >= 15 is 0 Å². The third-order valence-corrected chi connectivity index (χ3v) is 3.78. The van der Waals surface area contributed by atoms with Gasteiger partial charge in [0.1, 0.15) is 0 Å². The molecule has 1 unspecified atom stereocenters. The van der Waals surface area contributed by atoms with Crippen molar-refractivity contribution in [3.05, 3.63) is 51.2 Å². The van der Waals surface area contributed by atoms with Crippen molar-refractivity contribution < 1.29 is 0 Å². The van der Waals surface area contributed by atoms with Crippen molar-refractivity contribution in [1.82, 2.24) is 15.2 Å². The van der Waals surface area contributed by atoms with Crippen molar-refractivity contribution in [3.63, 3.8) is 0 Å². The fourth-order valence-corrected chi connectivity index (χ4v) is 2.69. The minimum absolute atomic E-state index is 0.124. The summed E-state index contributed by atoms with van der Waals surface area (Å²) in [6.07, 6.45) is 2.81. The van der Waals surface area contributed by atoms with Crippen LogP contribution in [0.3, 0.4) is 0 Å². The molecule has 2 aromatic rings. The van der Waals surface area contributed by atoms with Crippen LogP contribution in [-0.2, 0) is 6.54 Å². The molecule has 1 heterocycles. The Hall–Kier alpha value is -0.880. The van der Waals surface area contributed by atoms with Gasteiger partial charge < -0.3 is 0 Å². The van der Waals surface area contributed by atoms with Crippen molar-refractivity contribution >= 4 is 27.5 Å². The molecule has 0 aliphatic rings. The van der Waals surface area contributed by atoms with Crippen LogP contribution in [-0.4, -0.2) is 9.78 Å². The number of hydrazine groups is 1. The average Bonchev–Trinajstić information content (AvgIpc) is 2.76. The molecule has 0 spiro atoms. The number of nitrogens with one attached hydrogen (secondary N) is 1. The summed E-state index contributed by atoms with van der Waals surface area (Å²) in [5.41, 5.74) is 4.91. The highest BCUT2D eigenvalue weighted by Crippen LogP contribution is 2.28. The Morgan fingerprint density at radius 2 is 2.11 bits per heavy atom. The highest BCUT2D eigenvalue weighted by molar-refractivity contribution is 9.10. The summed E-state index contributed by atoms with van der Waals surface area (Å²) in [5.74, 6) is 5.72. The summed E-state index contributed by atoms with van der Waals surface area (Å²) in [6.45, 7) is 2.97. The molecule has 0 saturated carbocycles. The van der Waals surface area contributed by atoms with Crippen LogP contribution in [0.1, 0.15) is 30.6 Å². The largest absolute Gasteiger partial charge is 0.271 e. The fraction of sp³-hybridized carbons (Fsp3) is 0.308. The second kappa shape index (κ2) is 6.52. The minimum Gasteiger partial charge on any atom is -0.271 e. The lowest BCUT2D eigenvalue weighted by molar-refractivity contribution is 0.519. The highest BCUT2D eigenvalue weighted by Gasteiger charge is 2.20. The molecule has 0 saturated heterocycles. The first-order chi connectivity index (χ1) is 9.17. The van der Waals surface area contributed by atoms with Gasteiger partial charge in [0.15, 0.2) is 0 Å². The van der Waals surface area contributed by atoms with Gasteiger partial charge in [-0.15, -0.1) is 0 Å². The average molecular weight is 344 g/mol. The monoisotopic (exact) mass is 342 g/mol. The molecule has 0 aliphatic carbocycles.